The lowest BCUT2D eigenvalue weighted by Gasteiger charge is -2.41. The van der Waals surface area contributed by atoms with Gasteiger partial charge in [0.1, 0.15) is 5.69 Å². The molecule has 1 saturated heterocycles. The number of hydrogen-bond donors (Lipinski definition) is 3. The highest BCUT2D eigenvalue weighted by molar-refractivity contribution is 5.89. The number of rotatable bonds is 6. The summed E-state index contributed by atoms with van der Waals surface area (Å²) >= 11 is 0. The van der Waals surface area contributed by atoms with Crippen LogP contribution in [0, 0.1) is 5.92 Å². The third kappa shape index (κ3) is 5.73. The van der Waals surface area contributed by atoms with Crippen LogP contribution < -0.4 is 16.2 Å². The second kappa shape index (κ2) is 8.93. The molecule has 8 nitrogen and oxygen atoms in total. The molecule has 1 aliphatic heterocycles. The van der Waals surface area contributed by atoms with Crippen molar-refractivity contribution in [2.75, 3.05) is 25.5 Å². The monoisotopic (exact) mass is 426 g/mol. The van der Waals surface area contributed by atoms with Crippen LogP contribution >= 0.6 is 0 Å². The number of pyridine rings is 1. The topological polar surface area (TPSA) is 104 Å². The van der Waals surface area contributed by atoms with Crippen molar-refractivity contribution in [2.45, 2.75) is 32.3 Å². The van der Waals surface area contributed by atoms with E-state index in [0.717, 1.165) is 16.7 Å². The average molecular weight is 427 g/mol. The largest absolute Gasteiger partial charge is 0.390 e. The van der Waals surface area contributed by atoms with E-state index in [2.05, 4.69) is 10.6 Å². The van der Waals surface area contributed by atoms with Crippen LogP contribution in [0.15, 0.2) is 41.3 Å². The third-order valence-electron chi connectivity index (χ3n) is 5.37. The number of hydrogen-bond acceptors (Lipinski definition) is 4. The Balaban J connectivity index is 1.72. The number of aromatic nitrogens is 1. The summed E-state index contributed by atoms with van der Waals surface area (Å²) in [5.74, 6) is 0.402. The number of carbonyl (C=O) groups is 2. The lowest BCUT2D eigenvalue weighted by atomic mass is 9.87. The lowest BCUT2D eigenvalue weighted by Crippen LogP contribution is -2.52. The summed E-state index contributed by atoms with van der Waals surface area (Å²) in [4.78, 5) is 38.4. The molecule has 0 bridgehead atoms. The molecule has 0 saturated carbocycles. The van der Waals surface area contributed by atoms with Crippen molar-refractivity contribution >= 4 is 17.6 Å². The van der Waals surface area contributed by atoms with Gasteiger partial charge in [-0.25, -0.2) is 4.79 Å². The first-order valence-corrected chi connectivity index (χ1v) is 10.3. The molecule has 0 unspecified atom stereocenters. The molecule has 1 aromatic heterocycles. The fourth-order valence-electron chi connectivity index (χ4n) is 3.90. The fourth-order valence-corrected chi connectivity index (χ4v) is 3.90. The van der Waals surface area contributed by atoms with Gasteiger partial charge in [-0.1, -0.05) is 24.3 Å². The number of likely N-dealkylation sites (tertiary alicyclic amines) is 1. The van der Waals surface area contributed by atoms with Crippen LogP contribution in [-0.2, 0) is 18.3 Å². The summed E-state index contributed by atoms with van der Waals surface area (Å²) in [5.41, 5.74) is 1.65. The molecule has 2 aromatic rings. The normalized spacial score (nSPS) is 14.2. The van der Waals surface area contributed by atoms with Gasteiger partial charge in [0.15, 0.2) is 0 Å². The molecule has 0 atom stereocenters. The quantitative estimate of drug-likeness (QED) is 0.657. The summed E-state index contributed by atoms with van der Waals surface area (Å²) in [5, 5.41) is 14.9. The van der Waals surface area contributed by atoms with Crippen molar-refractivity contribution < 1.29 is 14.7 Å². The molecular weight excluding hydrogens is 396 g/mol. The minimum absolute atomic E-state index is 0.0616. The lowest BCUT2D eigenvalue weighted by molar-refractivity contribution is -0.138. The first-order chi connectivity index (χ1) is 14.6. The Bertz CT molecular complexity index is 1030. The maximum absolute atomic E-state index is 12.6. The van der Waals surface area contributed by atoms with Crippen molar-refractivity contribution in [3.05, 3.63) is 52.4 Å². The van der Waals surface area contributed by atoms with Gasteiger partial charge in [-0.15, -0.1) is 0 Å². The van der Waals surface area contributed by atoms with E-state index in [4.69, 9.17) is 0 Å². The number of benzene rings is 1. The van der Waals surface area contributed by atoms with E-state index < -0.39 is 11.6 Å². The standard InChI is InChI=1S/C23H30N4O4/c1-23(2,31)11-16-12-27(13-16)20(28)9-15-6-5-7-17(8-15)18-10-19(25-22(30)24-3)21(29)26(4)14-18/h5-8,10,14,16,31H,9,11-13H2,1-4H3,(H2,24,25,30). The van der Waals surface area contributed by atoms with Gasteiger partial charge in [-0.3, -0.25) is 9.59 Å². The minimum Gasteiger partial charge on any atom is -0.390 e. The Kier molecular flexibility index (Phi) is 6.50. The summed E-state index contributed by atoms with van der Waals surface area (Å²) in [6.07, 6.45) is 2.68. The predicted octanol–water partition coefficient (Wildman–Crippen LogP) is 1.97. The van der Waals surface area contributed by atoms with Crippen LogP contribution in [-0.4, -0.2) is 52.3 Å². The number of nitrogens with zero attached hydrogens (tertiary/aromatic N) is 2. The van der Waals surface area contributed by atoms with E-state index in [-0.39, 0.29) is 23.6 Å². The third-order valence-corrected chi connectivity index (χ3v) is 5.37. The molecule has 3 rings (SSSR count). The zero-order chi connectivity index (χ0) is 22.8. The molecule has 0 radical (unpaired) electrons. The molecule has 1 aromatic carbocycles. The average Bonchev–Trinajstić information content (AvgIpc) is 2.67. The van der Waals surface area contributed by atoms with Crippen molar-refractivity contribution in [1.29, 1.82) is 0 Å². The van der Waals surface area contributed by atoms with E-state index in [1.807, 2.05) is 29.2 Å². The molecule has 2 heterocycles. The van der Waals surface area contributed by atoms with Crippen LogP contribution in [0.4, 0.5) is 10.5 Å². The Hall–Kier alpha value is -3.13. The van der Waals surface area contributed by atoms with Crippen LogP contribution in [0.25, 0.3) is 11.1 Å². The van der Waals surface area contributed by atoms with Gasteiger partial charge < -0.3 is 25.2 Å². The van der Waals surface area contributed by atoms with Gasteiger partial charge in [-0.05, 0) is 43.4 Å². The second-order valence-corrected chi connectivity index (χ2v) is 8.82. The molecule has 1 aliphatic rings. The number of anilines is 1. The van der Waals surface area contributed by atoms with E-state index in [1.54, 1.807) is 33.2 Å². The number of aliphatic hydroxyl groups is 1. The van der Waals surface area contributed by atoms with Crippen LogP contribution in [0.1, 0.15) is 25.8 Å². The Morgan fingerprint density at radius 2 is 1.90 bits per heavy atom. The molecule has 166 valence electrons. The zero-order valence-electron chi connectivity index (χ0n) is 18.4. The molecule has 31 heavy (non-hydrogen) atoms. The SMILES string of the molecule is CNC(=O)Nc1cc(-c2cccc(CC(=O)N3CC(CC(C)(C)O)C3)c2)cn(C)c1=O. The maximum atomic E-state index is 12.6. The minimum atomic E-state index is -0.713. The molecule has 0 spiro atoms. The summed E-state index contributed by atoms with van der Waals surface area (Å²) in [7, 11) is 3.11. The van der Waals surface area contributed by atoms with Gasteiger partial charge in [0, 0.05) is 38.9 Å². The number of urea groups is 1. The highest BCUT2D eigenvalue weighted by Gasteiger charge is 2.33. The molecule has 1 fully saturated rings. The van der Waals surface area contributed by atoms with Gasteiger partial charge in [0.25, 0.3) is 5.56 Å². The van der Waals surface area contributed by atoms with Gasteiger partial charge in [0.2, 0.25) is 5.91 Å². The van der Waals surface area contributed by atoms with Crippen LogP contribution in [0.3, 0.4) is 0 Å². The van der Waals surface area contributed by atoms with E-state index >= 15 is 0 Å². The summed E-state index contributed by atoms with van der Waals surface area (Å²) in [6.45, 7) is 4.94. The van der Waals surface area contributed by atoms with Crippen molar-refractivity contribution in [1.82, 2.24) is 14.8 Å². The summed E-state index contributed by atoms with van der Waals surface area (Å²) < 4.78 is 1.42. The molecule has 8 heteroatoms. The second-order valence-electron chi connectivity index (χ2n) is 8.82. The summed E-state index contributed by atoms with van der Waals surface area (Å²) in [6, 6.07) is 8.78. The Labute approximate surface area is 181 Å². The Morgan fingerprint density at radius 1 is 1.19 bits per heavy atom. The first kappa shape index (κ1) is 22.6. The molecular formula is C23H30N4O4. The number of nitrogens with one attached hydrogen (secondary N) is 2. The smallest absolute Gasteiger partial charge is 0.319 e. The number of carbonyl (C=O) groups excluding carboxylic acids is 2. The molecule has 0 aliphatic carbocycles. The van der Waals surface area contributed by atoms with Crippen molar-refractivity contribution in [2.24, 2.45) is 13.0 Å². The van der Waals surface area contributed by atoms with E-state index in [0.29, 0.717) is 25.4 Å². The fraction of sp³-hybridized carbons (Fsp3) is 0.435. The maximum Gasteiger partial charge on any atom is 0.319 e. The number of aryl methyl sites for hydroxylation is 1. The highest BCUT2D eigenvalue weighted by Crippen LogP contribution is 2.27. The molecule has 3 amide bonds. The predicted molar refractivity (Wildman–Crippen MR) is 120 cm³/mol. The van der Waals surface area contributed by atoms with Crippen molar-refractivity contribution in [3.63, 3.8) is 0 Å². The van der Waals surface area contributed by atoms with E-state index in [1.165, 1.54) is 11.6 Å². The van der Waals surface area contributed by atoms with Gasteiger partial charge in [-0.2, -0.15) is 0 Å². The van der Waals surface area contributed by atoms with Crippen LogP contribution in [0.5, 0.6) is 0 Å². The molecule has 3 N–H and O–H groups in total. The van der Waals surface area contributed by atoms with Crippen LogP contribution in [0.2, 0.25) is 0 Å². The number of amides is 3. The van der Waals surface area contributed by atoms with Gasteiger partial charge in [0.05, 0.1) is 12.0 Å². The Morgan fingerprint density at radius 3 is 2.55 bits per heavy atom. The zero-order valence-corrected chi connectivity index (χ0v) is 18.4. The first-order valence-electron chi connectivity index (χ1n) is 10.3. The van der Waals surface area contributed by atoms with E-state index in [9.17, 15) is 19.5 Å². The van der Waals surface area contributed by atoms with Crippen molar-refractivity contribution in [3.8, 4) is 11.1 Å². The highest BCUT2D eigenvalue weighted by atomic mass is 16.3. The van der Waals surface area contributed by atoms with Gasteiger partial charge >= 0.3 is 6.03 Å².